The highest BCUT2D eigenvalue weighted by Gasteiger charge is 2.58. The third-order valence-corrected chi connectivity index (χ3v) is 8.70. The Morgan fingerprint density at radius 2 is 2.28 bits per heavy atom. The Labute approximate surface area is 192 Å². The van der Waals surface area contributed by atoms with Crippen molar-refractivity contribution in [3.63, 3.8) is 0 Å². The Kier molecular flexibility index (Phi) is 6.05. The van der Waals surface area contributed by atoms with Crippen molar-refractivity contribution in [2.24, 2.45) is 0 Å². The Bertz CT molecular complexity index is 1070. The molecule has 1 amide bonds. The minimum absolute atomic E-state index is 0.0508. The predicted octanol–water partition coefficient (Wildman–Crippen LogP) is 3.19. The monoisotopic (exact) mass is 507 g/mol. The number of pyridine rings is 1. The summed E-state index contributed by atoms with van der Waals surface area (Å²) in [7, 11) is 1.53. The van der Waals surface area contributed by atoms with Gasteiger partial charge >= 0.3 is 6.18 Å². The summed E-state index contributed by atoms with van der Waals surface area (Å²) < 4.78 is 58.4. The van der Waals surface area contributed by atoms with Crippen LogP contribution in [0.4, 0.5) is 19.0 Å². The van der Waals surface area contributed by atoms with Crippen molar-refractivity contribution in [2.45, 2.75) is 23.4 Å². The average molecular weight is 508 g/mol. The van der Waals surface area contributed by atoms with Crippen LogP contribution in [0.5, 0.6) is 0 Å². The number of halogens is 4. The molecule has 2 aromatic heterocycles. The molecule has 4 rings (SSSR count). The van der Waals surface area contributed by atoms with Crippen LogP contribution in [0.25, 0.3) is 0 Å². The number of alkyl halides is 3. The molecule has 14 heteroatoms. The van der Waals surface area contributed by atoms with E-state index in [2.05, 4.69) is 15.6 Å². The number of thiophene rings is 1. The van der Waals surface area contributed by atoms with E-state index in [0.717, 1.165) is 23.5 Å². The second-order valence-electron chi connectivity index (χ2n) is 7.18. The molecule has 8 nitrogen and oxygen atoms in total. The molecule has 3 atom stereocenters. The maximum absolute atomic E-state index is 12.9. The van der Waals surface area contributed by atoms with Crippen molar-refractivity contribution in [1.82, 2.24) is 14.6 Å². The van der Waals surface area contributed by atoms with Crippen molar-refractivity contribution >= 4 is 52.0 Å². The second kappa shape index (κ2) is 8.37. The second-order valence-corrected chi connectivity index (χ2v) is 10.3. The molecule has 3 N–H and O–H groups in total. The summed E-state index contributed by atoms with van der Waals surface area (Å²) in [5.74, 6) is -0.984. The molecular weight excluding hydrogens is 491 g/mol. The fraction of sp³-hybridized carbons (Fsp3) is 0.389. The molecule has 2 aliphatic rings. The number of nitrogens with zero attached hydrogens (tertiary/aromatic N) is 2. The Hall–Kier alpha value is -2.06. The van der Waals surface area contributed by atoms with Gasteiger partial charge in [0.05, 0.1) is 39.8 Å². The zero-order chi connectivity index (χ0) is 23.3. The first-order valence-electron chi connectivity index (χ1n) is 9.27. The molecule has 2 fully saturated rings. The van der Waals surface area contributed by atoms with Crippen LogP contribution in [-0.4, -0.2) is 51.2 Å². The number of nitrogens with one attached hydrogen (secondary N) is 3. The van der Waals surface area contributed by atoms with E-state index in [1.54, 1.807) is 0 Å². The number of guanidine groups is 1. The number of rotatable bonds is 3. The molecule has 0 aromatic carbocycles. The van der Waals surface area contributed by atoms with Crippen molar-refractivity contribution in [3.8, 4) is 0 Å². The molecule has 2 saturated heterocycles. The van der Waals surface area contributed by atoms with Crippen molar-refractivity contribution in [3.05, 3.63) is 44.7 Å². The smallest absolute Gasteiger partial charge is 0.433 e. The summed E-state index contributed by atoms with van der Waals surface area (Å²) in [4.78, 5) is 16.8. The van der Waals surface area contributed by atoms with E-state index < -0.39 is 39.9 Å². The molecule has 0 aliphatic carbocycles. The van der Waals surface area contributed by atoms with Crippen LogP contribution >= 0.6 is 22.9 Å². The van der Waals surface area contributed by atoms with E-state index in [0.29, 0.717) is 17.9 Å². The molecular formula is C18H17ClF3N5O3S2. The van der Waals surface area contributed by atoms with E-state index in [4.69, 9.17) is 21.7 Å². The van der Waals surface area contributed by atoms with Gasteiger partial charge in [-0.25, -0.2) is 4.98 Å². The first kappa shape index (κ1) is 23.1. The standard InChI is InChI=1S/C18H17ClF3N5O3S2/c1-27-16(23)26-17(5-6-30-8-12(17)32(27)29)14-9(19)7-10(31-14)15(28)25-13-4-2-3-11(24-13)18(20,21)22/h2-4,7,12H,5-6,8H2,1H3,(H2,23,26)(H,24,25,28). The predicted molar refractivity (Wildman–Crippen MR) is 114 cm³/mol. The molecule has 0 radical (unpaired) electrons. The van der Waals surface area contributed by atoms with Gasteiger partial charge in [0.15, 0.2) is 5.25 Å². The molecule has 4 heterocycles. The number of fused-ring (bicyclic) bond motifs is 1. The van der Waals surface area contributed by atoms with Crippen LogP contribution in [0.15, 0.2) is 24.3 Å². The Morgan fingerprint density at radius 3 is 3.00 bits per heavy atom. The normalized spacial score (nSPS) is 25.8. The number of anilines is 1. The zero-order valence-corrected chi connectivity index (χ0v) is 18.8. The topological polar surface area (TPSA) is 113 Å². The van der Waals surface area contributed by atoms with E-state index in [-0.39, 0.29) is 28.3 Å². The average Bonchev–Trinajstić information content (AvgIpc) is 3.14. The van der Waals surface area contributed by atoms with Gasteiger partial charge in [0.2, 0.25) is 5.96 Å². The molecule has 2 aliphatic heterocycles. The van der Waals surface area contributed by atoms with E-state index >= 15 is 0 Å². The summed E-state index contributed by atoms with van der Waals surface area (Å²) in [6, 6.07) is 4.60. The van der Waals surface area contributed by atoms with E-state index in [9.17, 15) is 22.5 Å². The van der Waals surface area contributed by atoms with Crippen LogP contribution < -0.4 is 10.6 Å². The molecule has 0 bridgehead atoms. The van der Waals surface area contributed by atoms with Crippen molar-refractivity contribution in [2.75, 3.05) is 25.6 Å². The summed E-state index contributed by atoms with van der Waals surface area (Å²) >= 11 is 5.91. The van der Waals surface area contributed by atoms with Crippen LogP contribution in [0.1, 0.15) is 26.7 Å². The maximum atomic E-state index is 12.9. The third kappa shape index (κ3) is 4.03. The van der Waals surface area contributed by atoms with Crippen molar-refractivity contribution < 1.29 is 27.3 Å². The highest BCUT2D eigenvalue weighted by Crippen LogP contribution is 2.46. The van der Waals surface area contributed by atoms with Crippen LogP contribution in [0.2, 0.25) is 5.02 Å². The van der Waals surface area contributed by atoms with E-state index in [1.165, 1.54) is 23.5 Å². The minimum Gasteiger partial charge on any atom is -0.592 e. The van der Waals surface area contributed by atoms with Crippen LogP contribution in [0, 0.1) is 5.41 Å². The largest absolute Gasteiger partial charge is 0.592 e. The van der Waals surface area contributed by atoms with Gasteiger partial charge in [-0.15, -0.1) is 11.3 Å². The summed E-state index contributed by atoms with van der Waals surface area (Å²) in [5.41, 5.74) is -2.10. The SMILES string of the molecule is CN1C(=N)NC2(c3sc(C(=O)Nc4cccc(C(F)(F)F)n4)cc3Cl)CCOCC2[S+]1[O-]. The number of hydrogen-bond acceptors (Lipinski definition) is 6. The highest BCUT2D eigenvalue weighted by molar-refractivity contribution is 7.90. The Balaban J connectivity index is 1.64. The van der Waals surface area contributed by atoms with Gasteiger partial charge in [0.25, 0.3) is 5.91 Å². The summed E-state index contributed by atoms with van der Waals surface area (Å²) in [6.45, 7) is 0.503. The number of aromatic nitrogens is 1. The highest BCUT2D eigenvalue weighted by atomic mass is 35.5. The zero-order valence-electron chi connectivity index (χ0n) is 16.5. The first-order valence-corrected chi connectivity index (χ1v) is 11.6. The van der Waals surface area contributed by atoms with E-state index in [1.807, 2.05) is 0 Å². The lowest BCUT2D eigenvalue weighted by atomic mass is 9.87. The van der Waals surface area contributed by atoms with Gasteiger partial charge in [0, 0.05) is 13.0 Å². The fourth-order valence-electron chi connectivity index (χ4n) is 3.61. The van der Waals surface area contributed by atoms with Gasteiger partial charge in [-0.1, -0.05) is 17.7 Å². The lowest BCUT2D eigenvalue weighted by Gasteiger charge is -2.49. The number of ether oxygens (including phenoxy) is 1. The first-order chi connectivity index (χ1) is 15.0. The number of carbonyl (C=O) groups is 1. The molecule has 32 heavy (non-hydrogen) atoms. The summed E-state index contributed by atoms with van der Waals surface area (Å²) in [5, 5.41) is 13.3. The lowest BCUT2D eigenvalue weighted by Crippen LogP contribution is -2.69. The molecule has 0 saturated carbocycles. The quantitative estimate of drug-likeness (QED) is 0.550. The number of amides is 1. The van der Waals surface area contributed by atoms with Gasteiger partial charge in [-0.3, -0.25) is 10.2 Å². The third-order valence-electron chi connectivity index (χ3n) is 5.23. The van der Waals surface area contributed by atoms with Crippen LogP contribution in [-0.2, 0) is 27.8 Å². The lowest BCUT2D eigenvalue weighted by molar-refractivity contribution is -0.141. The molecule has 3 unspecified atom stereocenters. The molecule has 172 valence electrons. The number of hydrogen-bond donors (Lipinski definition) is 3. The van der Waals surface area contributed by atoms with Crippen molar-refractivity contribution in [1.29, 1.82) is 5.41 Å². The molecule has 2 aromatic rings. The summed E-state index contributed by atoms with van der Waals surface area (Å²) in [6.07, 6.45) is -4.27. The Morgan fingerprint density at radius 1 is 1.53 bits per heavy atom. The minimum atomic E-state index is -4.64. The van der Waals surface area contributed by atoms with Gasteiger partial charge in [-0.05, 0) is 18.2 Å². The number of carbonyl (C=O) groups excluding carboxylic acids is 1. The van der Waals surface area contributed by atoms with Crippen LogP contribution in [0.3, 0.4) is 0 Å². The van der Waals surface area contributed by atoms with Gasteiger partial charge in [0.1, 0.15) is 17.1 Å². The molecule has 0 spiro atoms. The fourth-order valence-corrected chi connectivity index (χ4v) is 6.78. The van der Waals surface area contributed by atoms with Gasteiger partial charge < -0.3 is 19.9 Å². The maximum Gasteiger partial charge on any atom is 0.433 e. The van der Waals surface area contributed by atoms with Gasteiger partial charge in [-0.2, -0.15) is 17.5 Å².